The largest absolute Gasteiger partial charge is 0.467 e. The Morgan fingerprint density at radius 3 is 2.48 bits per heavy atom. The first-order chi connectivity index (χ1) is 12.9. The van der Waals surface area contributed by atoms with E-state index in [2.05, 4.69) is 20.3 Å². The Morgan fingerprint density at radius 1 is 1.11 bits per heavy atom. The fraction of sp³-hybridized carbons (Fsp3) is 0.421. The zero-order valence-corrected chi connectivity index (χ0v) is 16.8. The van der Waals surface area contributed by atoms with Gasteiger partial charge >= 0.3 is 0 Å². The molecule has 2 rings (SSSR count). The van der Waals surface area contributed by atoms with Gasteiger partial charge in [-0.25, -0.2) is 18.1 Å². The molecule has 0 aliphatic carbocycles. The minimum Gasteiger partial charge on any atom is -0.467 e. The Hall–Kier alpha value is -2.32. The molecule has 1 aromatic carbocycles. The molecule has 2 aromatic rings. The topological polar surface area (TPSA) is 95.7 Å². The van der Waals surface area contributed by atoms with Gasteiger partial charge in [0.05, 0.1) is 25.1 Å². The molecule has 3 N–H and O–H groups in total. The molecule has 0 aliphatic rings. The van der Waals surface area contributed by atoms with Crippen molar-refractivity contribution in [2.75, 3.05) is 6.54 Å². The van der Waals surface area contributed by atoms with Crippen molar-refractivity contribution in [2.45, 2.75) is 45.7 Å². The summed E-state index contributed by atoms with van der Waals surface area (Å²) in [5.74, 6) is 1.39. The van der Waals surface area contributed by atoms with Crippen LogP contribution in [0.5, 0.6) is 0 Å². The Balaban J connectivity index is 2.09. The number of benzene rings is 1. The number of sulfonamides is 1. The van der Waals surface area contributed by atoms with E-state index in [1.165, 1.54) is 0 Å². The number of rotatable bonds is 9. The van der Waals surface area contributed by atoms with E-state index in [0.717, 1.165) is 23.4 Å². The van der Waals surface area contributed by atoms with E-state index in [0.29, 0.717) is 19.0 Å². The normalized spacial score (nSPS) is 12.4. The minimum absolute atomic E-state index is 0.0623. The van der Waals surface area contributed by atoms with Crippen LogP contribution in [0.4, 0.5) is 0 Å². The van der Waals surface area contributed by atoms with Gasteiger partial charge in [0.15, 0.2) is 5.96 Å². The predicted molar refractivity (Wildman–Crippen MR) is 108 cm³/mol. The summed E-state index contributed by atoms with van der Waals surface area (Å²) in [6.07, 6.45) is 1.63. The first-order valence-corrected chi connectivity index (χ1v) is 10.7. The molecule has 1 heterocycles. The molecule has 8 heteroatoms. The highest BCUT2D eigenvalue weighted by atomic mass is 32.2. The third kappa shape index (κ3) is 7.44. The van der Waals surface area contributed by atoms with Crippen LogP contribution in [-0.2, 0) is 28.9 Å². The number of guanidine groups is 1. The van der Waals surface area contributed by atoms with Crippen molar-refractivity contribution >= 4 is 16.0 Å². The third-order valence-corrected chi connectivity index (χ3v) is 5.16. The van der Waals surface area contributed by atoms with E-state index in [4.69, 9.17) is 4.42 Å². The van der Waals surface area contributed by atoms with Crippen LogP contribution in [-0.4, -0.2) is 27.0 Å². The molecule has 0 unspecified atom stereocenters. The summed E-state index contributed by atoms with van der Waals surface area (Å²) in [7, 11) is -3.39. The van der Waals surface area contributed by atoms with Crippen LogP contribution >= 0.6 is 0 Å². The highest BCUT2D eigenvalue weighted by Gasteiger charge is 2.15. The summed E-state index contributed by atoms with van der Waals surface area (Å²) in [5, 5.41) is 6.38. The van der Waals surface area contributed by atoms with Gasteiger partial charge in [0.2, 0.25) is 10.0 Å². The molecule has 0 saturated carbocycles. The van der Waals surface area contributed by atoms with Crippen LogP contribution in [0.1, 0.15) is 37.7 Å². The first kappa shape index (κ1) is 21.0. The molecule has 7 nitrogen and oxygen atoms in total. The first-order valence-electron chi connectivity index (χ1n) is 9.01. The number of aliphatic imine (C=N–C) groups is 1. The lowest BCUT2D eigenvalue weighted by molar-refractivity contribution is 0.501. The second-order valence-corrected chi connectivity index (χ2v) is 8.18. The molecule has 148 valence electrons. The summed E-state index contributed by atoms with van der Waals surface area (Å²) >= 11 is 0. The number of hydrogen-bond acceptors (Lipinski definition) is 4. The maximum absolute atomic E-state index is 12.3. The van der Waals surface area contributed by atoms with Crippen molar-refractivity contribution in [3.8, 4) is 0 Å². The molecule has 0 saturated heterocycles. The molecule has 0 aliphatic heterocycles. The van der Waals surface area contributed by atoms with Gasteiger partial charge in [-0.3, -0.25) is 0 Å². The SMILES string of the molecule is CCNC(=NCc1ccccc1CS(=O)(=O)NC(C)C)NCc1ccco1. The summed E-state index contributed by atoms with van der Waals surface area (Å²) in [5.41, 5.74) is 1.62. The Bertz CT molecular complexity index is 830. The predicted octanol–water partition coefficient (Wildman–Crippen LogP) is 2.36. The third-order valence-electron chi connectivity index (χ3n) is 3.64. The van der Waals surface area contributed by atoms with Gasteiger partial charge in [-0.15, -0.1) is 0 Å². The highest BCUT2D eigenvalue weighted by molar-refractivity contribution is 7.88. The van der Waals surface area contributed by atoms with Gasteiger partial charge in [-0.2, -0.15) is 0 Å². The molecule has 0 fully saturated rings. The quantitative estimate of drug-likeness (QED) is 0.450. The molecule has 27 heavy (non-hydrogen) atoms. The lowest BCUT2D eigenvalue weighted by Gasteiger charge is -2.13. The van der Waals surface area contributed by atoms with Crippen LogP contribution in [0, 0.1) is 0 Å². The zero-order valence-electron chi connectivity index (χ0n) is 16.0. The number of hydrogen-bond donors (Lipinski definition) is 3. The maximum atomic E-state index is 12.3. The molecule has 0 bridgehead atoms. The van der Waals surface area contributed by atoms with Gasteiger partial charge in [0, 0.05) is 12.6 Å². The van der Waals surface area contributed by atoms with Gasteiger partial charge in [-0.05, 0) is 44.0 Å². The smallest absolute Gasteiger partial charge is 0.216 e. The van der Waals surface area contributed by atoms with Crippen molar-refractivity contribution < 1.29 is 12.8 Å². The van der Waals surface area contributed by atoms with Crippen molar-refractivity contribution in [1.82, 2.24) is 15.4 Å². The molecule has 0 amide bonds. The standard InChI is InChI=1S/C19H28N4O3S/c1-4-20-19(22-13-18-10-7-11-26-18)21-12-16-8-5-6-9-17(16)14-27(24,25)23-15(2)3/h5-11,15,23H,4,12-14H2,1-3H3,(H2,20,21,22). The van der Waals surface area contributed by atoms with Crippen molar-refractivity contribution in [3.63, 3.8) is 0 Å². The summed E-state index contributed by atoms with van der Waals surface area (Å²) in [4.78, 5) is 4.57. The maximum Gasteiger partial charge on any atom is 0.216 e. The number of nitrogens with zero attached hydrogens (tertiary/aromatic N) is 1. The van der Waals surface area contributed by atoms with Crippen LogP contribution in [0.3, 0.4) is 0 Å². The van der Waals surface area contributed by atoms with E-state index in [1.807, 2.05) is 43.3 Å². The fourth-order valence-electron chi connectivity index (χ4n) is 2.55. The number of nitrogens with one attached hydrogen (secondary N) is 3. The number of furan rings is 1. The van der Waals surface area contributed by atoms with Crippen LogP contribution in [0.15, 0.2) is 52.1 Å². The van der Waals surface area contributed by atoms with Gasteiger partial charge in [-0.1, -0.05) is 24.3 Å². The van der Waals surface area contributed by atoms with Crippen LogP contribution in [0.2, 0.25) is 0 Å². The average Bonchev–Trinajstić information content (AvgIpc) is 3.10. The average molecular weight is 393 g/mol. The molecule has 0 spiro atoms. The van der Waals surface area contributed by atoms with E-state index in [-0.39, 0.29) is 11.8 Å². The van der Waals surface area contributed by atoms with E-state index in [9.17, 15) is 8.42 Å². The molecular weight excluding hydrogens is 364 g/mol. The lowest BCUT2D eigenvalue weighted by Crippen LogP contribution is -2.36. The summed E-state index contributed by atoms with van der Waals surface area (Å²) < 4.78 is 32.4. The van der Waals surface area contributed by atoms with Crippen molar-refractivity contribution in [1.29, 1.82) is 0 Å². The van der Waals surface area contributed by atoms with E-state index < -0.39 is 10.0 Å². The second kappa shape index (κ2) is 10.1. The van der Waals surface area contributed by atoms with Gasteiger partial charge in [0.1, 0.15) is 5.76 Å². The van der Waals surface area contributed by atoms with Gasteiger partial charge in [0.25, 0.3) is 0 Å². The fourth-order valence-corrected chi connectivity index (χ4v) is 4.04. The van der Waals surface area contributed by atoms with Crippen molar-refractivity contribution in [3.05, 3.63) is 59.5 Å². The van der Waals surface area contributed by atoms with E-state index in [1.54, 1.807) is 20.1 Å². The van der Waals surface area contributed by atoms with E-state index >= 15 is 0 Å². The Labute approximate surface area is 161 Å². The molecular formula is C19H28N4O3S. The molecule has 0 atom stereocenters. The van der Waals surface area contributed by atoms with Crippen molar-refractivity contribution in [2.24, 2.45) is 4.99 Å². The lowest BCUT2D eigenvalue weighted by atomic mass is 10.1. The zero-order chi connectivity index (χ0) is 19.7. The summed E-state index contributed by atoms with van der Waals surface area (Å²) in [6.45, 7) is 7.22. The van der Waals surface area contributed by atoms with Crippen LogP contribution in [0.25, 0.3) is 0 Å². The van der Waals surface area contributed by atoms with Gasteiger partial charge < -0.3 is 15.1 Å². The Morgan fingerprint density at radius 2 is 1.85 bits per heavy atom. The summed E-state index contributed by atoms with van der Waals surface area (Å²) in [6, 6.07) is 11.1. The minimum atomic E-state index is -3.39. The Kier molecular flexibility index (Phi) is 7.87. The molecule has 1 aromatic heterocycles. The van der Waals surface area contributed by atoms with Crippen LogP contribution < -0.4 is 15.4 Å². The monoisotopic (exact) mass is 392 g/mol. The molecule has 0 radical (unpaired) electrons. The highest BCUT2D eigenvalue weighted by Crippen LogP contribution is 2.13. The second-order valence-electron chi connectivity index (χ2n) is 6.43.